The van der Waals surface area contributed by atoms with Crippen LogP contribution < -0.4 is 10.3 Å². The third kappa shape index (κ3) is 4.37. The molecule has 3 aromatic rings. The van der Waals surface area contributed by atoms with Crippen molar-refractivity contribution in [2.45, 2.75) is 18.2 Å². The smallest absolute Gasteiger partial charge is 0.267 e. The quantitative estimate of drug-likeness (QED) is 0.700. The van der Waals surface area contributed by atoms with Gasteiger partial charge in [0.1, 0.15) is 11.6 Å². The Labute approximate surface area is 153 Å². The van der Waals surface area contributed by atoms with Crippen molar-refractivity contribution in [2.24, 2.45) is 0 Å². The second-order valence-corrected chi connectivity index (χ2v) is 7.60. The van der Waals surface area contributed by atoms with Crippen molar-refractivity contribution in [3.63, 3.8) is 0 Å². The maximum atomic E-state index is 13.7. The number of nitrogens with zero attached hydrogens (tertiary/aromatic N) is 1. The molecule has 0 bridgehead atoms. The maximum Gasteiger partial charge on any atom is 0.267 e. The van der Waals surface area contributed by atoms with Gasteiger partial charge in [0.05, 0.1) is 16.3 Å². The molecule has 2 N–H and O–H groups in total. The summed E-state index contributed by atoms with van der Waals surface area (Å²) >= 11 is 0. The van der Waals surface area contributed by atoms with Gasteiger partial charge in [0.2, 0.25) is 0 Å². The van der Waals surface area contributed by atoms with Crippen LogP contribution in [0.2, 0.25) is 0 Å². The van der Waals surface area contributed by atoms with Crippen LogP contribution in [-0.4, -0.2) is 18.6 Å². The molecule has 0 atom stereocenters. The van der Waals surface area contributed by atoms with E-state index in [2.05, 4.69) is 14.9 Å². The lowest BCUT2D eigenvalue weighted by molar-refractivity contribution is 0.583. The van der Waals surface area contributed by atoms with Crippen LogP contribution in [0.5, 0.6) is 0 Å². The number of H-pyrrole nitrogens is 1. The number of hydrogen-bond donors (Lipinski definition) is 2. The molecule has 6 nitrogen and oxygen atoms in total. The summed E-state index contributed by atoms with van der Waals surface area (Å²) in [6, 6.07) is 10.0. The van der Waals surface area contributed by atoms with Crippen molar-refractivity contribution < 1.29 is 17.2 Å². The van der Waals surface area contributed by atoms with Gasteiger partial charge in [0, 0.05) is 18.1 Å². The number of aromatic nitrogens is 2. The van der Waals surface area contributed by atoms with E-state index >= 15 is 0 Å². The maximum absolute atomic E-state index is 13.7. The molecular formula is C18H15F2N3O3S. The van der Waals surface area contributed by atoms with Gasteiger partial charge in [-0.2, -0.15) is 5.10 Å². The van der Waals surface area contributed by atoms with Gasteiger partial charge >= 0.3 is 0 Å². The second kappa shape index (κ2) is 7.28. The highest BCUT2D eigenvalue weighted by molar-refractivity contribution is 7.92. The fraction of sp³-hybridized carbons (Fsp3) is 0.111. The average Bonchev–Trinajstić information content (AvgIpc) is 2.61. The molecule has 1 heterocycles. The minimum atomic E-state index is -4.04. The number of halogens is 2. The molecule has 3 rings (SSSR count). The monoisotopic (exact) mass is 391 g/mol. The number of aromatic amines is 1. The van der Waals surface area contributed by atoms with Gasteiger partial charge in [-0.05, 0) is 42.8 Å². The molecule has 140 valence electrons. The molecule has 9 heteroatoms. The van der Waals surface area contributed by atoms with E-state index < -0.39 is 21.7 Å². The van der Waals surface area contributed by atoms with Crippen LogP contribution in [0.15, 0.2) is 58.2 Å². The van der Waals surface area contributed by atoms with Crippen molar-refractivity contribution in [3.8, 4) is 0 Å². The third-order valence-corrected chi connectivity index (χ3v) is 5.19. The van der Waals surface area contributed by atoms with Crippen LogP contribution in [0.1, 0.15) is 16.8 Å². The number of benzene rings is 2. The summed E-state index contributed by atoms with van der Waals surface area (Å²) in [6.07, 6.45) is 0.305. The van der Waals surface area contributed by atoms with Crippen molar-refractivity contribution in [2.75, 3.05) is 4.72 Å². The molecule has 0 radical (unpaired) electrons. The van der Waals surface area contributed by atoms with E-state index in [0.29, 0.717) is 23.7 Å². The van der Waals surface area contributed by atoms with Crippen molar-refractivity contribution >= 4 is 15.7 Å². The fourth-order valence-electron chi connectivity index (χ4n) is 2.47. The zero-order valence-electron chi connectivity index (χ0n) is 14.2. The summed E-state index contributed by atoms with van der Waals surface area (Å²) in [5.41, 5.74) is 1.22. The number of rotatable bonds is 5. The largest absolute Gasteiger partial charge is 0.277 e. The lowest BCUT2D eigenvalue weighted by Crippen LogP contribution is -2.15. The Hall–Kier alpha value is -3.07. The lowest BCUT2D eigenvalue weighted by atomic mass is 10.1. The predicted molar refractivity (Wildman–Crippen MR) is 96.0 cm³/mol. The molecule has 27 heavy (non-hydrogen) atoms. The molecule has 0 unspecified atom stereocenters. The summed E-state index contributed by atoms with van der Waals surface area (Å²) < 4.78 is 53.4. The number of hydrogen-bond acceptors (Lipinski definition) is 4. The van der Waals surface area contributed by atoms with Crippen molar-refractivity contribution in [3.05, 3.63) is 87.3 Å². The first kappa shape index (κ1) is 18.7. The average molecular weight is 391 g/mol. The molecule has 0 aliphatic rings. The first-order valence-electron chi connectivity index (χ1n) is 7.86. The predicted octanol–water partition coefficient (Wildman–Crippen LogP) is 2.75. The Bertz CT molecular complexity index is 1140. The molecule has 1 aromatic heterocycles. The second-order valence-electron chi connectivity index (χ2n) is 5.91. The molecule has 0 aliphatic carbocycles. The van der Waals surface area contributed by atoms with Crippen LogP contribution in [-0.2, 0) is 16.4 Å². The van der Waals surface area contributed by atoms with Gasteiger partial charge < -0.3 is 0 Å². The van der Waals surface area contributed by atoms with Crippen LogP contribution in [0.3, 0.4) is 0 Å². The molecule has 2 aromatic carbocycles. The van der Waals surface area contributed by atoms with Crippen molar-refractivity contribution in [1.82, 2.24) is 10.2 Å². The van der Waals surface area contributed by atoms with Crippen LogP contribution in [0, 0.1) is 18.6 Å². The lowest BCUT2D eigenvalue weighted by Gasteiger charge is -2.10. The van der Waals surface area contributed by atoms with Crippen molar-refractivity contribution in [1.29, 1.82) is 0 Å². The Kier molecular flexibility index (Phi) is 5.04. The van der Waals surface area contributed by atoms with Crippen LogP contribution >= 0.6 is 0 Å². The molecule has 0 fully saturated rings. The van der Waals surface area contributed by atoms with E-state index in [1.54, 1.807) is 25.1 Å². The molecule has 0 aliphatic heterocycles. The Morgan fingerprint density at radius 3 is 2.44 bits per heavy atom. The van der Waals surface area contributed by atoms with Gasteiger partial charge in [-0.1, -0.05) is 12.1 Å². The topological polar surface area (TPSA) is 91.9 Å². The highest BCUT2D eigenvalue weighted by atomic mass is 32.2. The van der Waals surface area contributed by atoms with E-state index in [1.165, 1.54) is 12.1 Å². The number of nitrogens with one attached hydrogen (secondary N) is 2. The molecule has 0 spiro atoms. The summed E-state index contributed by atoms with van der Waals surface area (Å²) in [4.78, 5) is 11.7. The number of aryl methyl sites for hydroxylation is 1. The molecule has 0 saturated carbocycles. The first-order valence-corrected chi connectivity index (χ1v) is 9.35. The summed E-state index contributed by atoms with van der Waals surface area (Å²) in [6.45, 7) is 1.75. The van der Waals surface area contributed by atoms with Gasteiger partial charge in [-0.25, -0.2) is 22.3 Å². The van der Waals surface area contributed by atoms with Gasteiger partial charge in [-0.3, -0.25) is 9.52 Å². The highest BCUT2D eigenvalue weighted by Gasteiger charge is 2.17. The summed E-state index contributed by atoms with van der Waals surface area (Å²) in [5, 5.41) is 6.19. The van der Waals surface area contributed by atoms with E-state index in [0.717, 1.165) is 17.7 Å². The fourth-order valence-corrected chi connectivity index (χ4v) is 3.54. The number of sulfonamides is 1. The van der Waals surface area contributed by atoms with Gasteiger partial charge in [0.15, 0.2) is 0 Å². The van der Waals surface area contributed by atoms with Crippen LogP contribution in [0.4, 0.5) is 14.5 Å². The minimum Gasteiger partial charge on any atom is -0.277 e. The zero-order chi connectivity index (χ0) is 19.6. The molecular weight excluding hydrogens is 376 g/mol. The summed E-state index contributed by atoms with van der Waals surface area (Å²) in [7, 11) is -4.04. The highest BCUT2D eigenvalue weighted by Crippen LogP contribution is 2.20. The van der Waals surface area contributed by atoms with Crippen LogP contribution in [0.25, 0.3) is 0 Å². The van der Waals surface area contributed by atoms with E-state index in [1.807, 2.05) is 0 Å². The van der Waals surface area contributed by atoms with E-state index in [4.69, 9.17) is 0 Å². The normalized spacial score (nSPS) is 11.4. The van der Waals surface area contributed by atoms with E-state index in [9.17, 15) is 22.0 Å². The Morgan fingerprint density at radius 1 is 1.07 bits per heavy atom. The number of anilines is 1. The van der Waals surface area contributed by atoms with Gasteiger partial charge in [0.25, 0.3) is 15.6 Å². The third-order valence-electron chi connectivity index (χ3n) is 3.81. The van der Waals surface area contributed by atoms with Gasteiger partial charge in [-0.15, -0.1) is 0 Å². The molecule has 0 amide bonds. The summed E-state index contributed by atoms with van der Waals surface area (Å²) in [5.74, 6) is -1.82. The molecule has 0 saturated heterocycles. The zero-order valence-corrected chi connectivity index (χ0v) is 15.0. The standard InChI is InChI=1S/C18H15F2N3O3S/c1-11-8-13(18(24)22-21-11)9-12-2-5-15(6-3-12)27(25,26)23-17-7-4-14(19)10-16(17)20/h2-8,10,23H,9H2,1H3,(H,22,24). The minimum absolute atomic E-state index is 0.0882. The SMILES string of the molecule is Cc1cc(Cc2ccc(S(=O)(=O)Nc3ccc(F)cc3F)cc2)c(=O)[nH]n1. The Balaban J connectivity index is 1.81. The van der Waals surface area contributed by atoms with E-state index in [-0.39, 0.29) is 16.1 Å². The Morgan fingerprint density at radius 2 is 1.78 bits per heavy atom. The first-order chi connectivity index (χ1) is 12.7.